The minimum atomic E-state index is -0.331. The number of rotatable bonds is 7. The first-order chi connectivity index (χ1) is 14.3. The molecule has 0 atom stereocenters. The first-order valence-electron chi connectivity index (χ1n) is 9.66. The van der Waals surface area contributed by atoms with Crippen molar-refractivity contribution in [1.82, 2.24) is 0 Å². The summed E-state index contributed by atoms with van der Waals surface area (Å²) in [5.41, 5.74) is 10.2. The molecule has 2 aromatic carbocycles. The van der Waals surface area contributed by atoms with Crippen LogP contribution in [0.3, 0.4) is 0 Å². The second-order valence-corrected chi connectivity index (χ2v) is 9.02. The fourth-order valence-corrected chi connectivity index (χ4v) is 4.61. The minimum absolute atomic E-state index is 0.200. The van der Waals surface area contributed by atoms with Gasteiger partial charge in [0.15, 0.2) is 0 Å². The zero-order chi connectivity index (χ0) is 21.8. The second-order valence-electron chi connectivity index (χ2n) is 7.09. The Morgan fingerprint density at radius 1 is 1.13 bits per heavy atom. The fourth-order valence-electron chi connectivity index (χ4n) is 3.10. The third-order valence-corrected chi connectivity index (χ3v) is 6.29. The molecular formula is C23H24BrN3O2S. The van der Waals surface area contributed by atoms with Gasteiger partial charge in [-0.25, -0.2) is 0 Å². The van der Waals surface area contributed by atoms with Crippen LogP contribution in [0.15, 0.2) is 46.9 Å². The lowest BCUT2D eigenvalue weighted by atomic mass is 10.1. The smallest absolute Gasteiger partial charge is 0.260 e. The van der Waals surface area contributed by atoms with E-state index < -0.39 is 0 Å². The topological polar surface area (TPSA) is 84.2 Å². The number of ketones is 1. The maximum absolute atomic E-state index is 13.1. The lowest BCUT2D eigenvalue weighted by molar-refractivity contribution is 0.102. The summed E-state index contributed by atoms with van der Waals surface area (Å²) in [4.78, 5) is 26.6. The molecule has 3 aromatic rings. The predicted molar refractivity (Wildman–Crippen MR) is 129 cm³/mol. The summed E-state index contributed by atoms with van der Waals surface area (Å²) in [5, 5.41) is 6.80. The van der Waals surface area contributed by atoms with Gasteiger partial charge in [0.25, 0.3) is 5.91 Å². The molecule has 0 saturated heterocycles. The first-order valence-corrected chi connectivity index (χ1v) is 11.3. The quantitative estimate of drug-likeness (QED) is 0.357. The van der Waals surface area contributed by atoms with E-state index in [0.717, 1.165) is 27.7 Å². The van der Waals surface area contributed by atoms with E-state index in [9.17, 15) is 9.59 Å². The van der Waals surface area contributed by atoms with Gasteiger partial charge in [-0.15, -0.1) is 11.3 Å². The molecule has 1 heterocycles. The number of carbonyl (C=O) groups is 2. The van der Waals surface area contributed by atoms with Crippen LogP contribution >= 0.6 is 27.3 Å². The highest BCUT2D eigenvalue weighted by Gasteiger charge is 2.26. The third-order valence-electron chi connectivity index (χ3n) is 4.63. The van der Waals surface area contributed by atoms with E-state index in [1.807, 2.05) is 45.0 Å². The highest BCUT2D eigenvalue weighted by Crippen LogP contribution is 2.38. The second kappa shape index (κ2) is 9.45. The van der Waals surface area contributed by atoms with Crippen molar-refractivity contribution in [2.45, 2.75) is 27.2 Å². The molecule has 0 unspecified atom stereocenters. The van der Waals surface area contributed by atoms with Crippen LogP contribution in [0, 0.1) is 13.8 Å². The molecule has 156 valence electrons. The largest absolute Gasteiger partial charge is 0.397 e. The van der Waals surface area contributed by atoms with E-state index in [4.69, 9.17) is 5.73 Å². The van der Waals surface area contributed by atoms with Gasteiger partial charge in [0, 0.05) is 22.3 Å². The number of thiophene rings is 1. The van der Waals surface area contributed by atoms with Crippen LogP contribution < -0.4 is 16.4 Å². The third kappa shape index (κ3) is 4.74. The molecule has 1 aromatic heterocycles. The van der Waals surface area contributed by atoms with Gasteiger partial charge in [-0.3, -0.25) is 9.59 Å². The molecule has 0 spiro atoms. The van der Waals surface area contributed by atoms with Crippen LogP contribution in [0.1, 0.15) is 50.1 Å². The summed E-state index contributed by atoms with van der Waals surface area (Å²) in [6, 6.07) is 13.0. The Kier molecular flexibility index (Phi) is 6.95. The highest BCUT2D eigenvalue weighted by atomic mass is 79.9. The summed E-state index contributed by atoms with van der Waals surface area (Å²) < 4.78 is 0.806. The Hall–Kier alpha value is -2.64. The lowest BCUT2D eigenvalue weighted by Gasteiger charge is -2.11. The number of hydrogen-bond acceptors (Lipinski definition) is 5. The molecular weight excluding hydrogens is 462 g/mol. The van der Waals surface area contributed by atoms with E-state index in [1.165, 1.54) is 11.3 Å². The maximum Gasteiger partial charge on any atom is 0.260 e. The summed E-state index contributed by atoms with van der Waals surface area (Å²) in [6.45, 7) is 6.65. The van der Waals surface area contributed by atoms with Crippen molar-refractivity contribution in [3.63, 3.8) is 0 Å². The normalized spacial score (nSPS) is 10.7. The number of halogens is 1. The number of nitrogens with two attached hydrogens (primary N) is 1. The van der Waals surface area contributed by atoms with E-state index in [1.54, 1.807) is 18.2 Å². The molecule has 1 amide bonds. The van der Waals surface area contributed by atoms with E-state index in [2.05, 4.69) is 26.6 Å². The Morgan fingerprint density at radius 3 is 2.57 bits per heavy atom. The molecule has 0 radical (unpaired) electrons. The van der Waals surface area contributed by atoms with Crippen LogP contribution in [-0.2, 0) is 0 Å². The number of nitrogens with one attached hydrogen (secondary N) is 2. The van der Waals surface area contributed by atoms with Crippen molar-refractivity contribution in [3.8, 4) is 0 Å². The van der Waals surface area contributed by atoms with Crippen molar-refractivity contribution in [3.05, 3.63) is 74.1 Å². The molecule has 7 heteroatoms. The average molecular weight is 486 g/mol. The van der Waals surface area contributed by atoms with E-state index >= 15 is 0 Å². The zero-order valence-corrected chi connectivity index (χ0v) is 19.5. The summed E-state index contributed by atoms with van der Waals surface area (Å²) >= 11 is 4.61. The zero-order valence-electron chi connectivity index (χ0n) is 17.1. The van der Waals surface area contributed by atoms with Gasteiger partial charge in [0.1, 0.15) is 9.88 Å². The van der Waals surface area contributed by atoms with Gasteiger partial charge in [-0.05, 0) is 44.0 Å². The van der Waals surface area contributed by atoms with Crippen LogP contribution in [0.5, 0.6) is 0 Å². The fraction of sp³-hybridized carbons (Fsp3) is 0.217. The Balaban J connectivity index is 2.00. The van der Waals surface area contributed by atoms with Gasteiger partial charge < -0.3 is 16.4 Å². The number of carbonyl (C=O) groups excluding carboxylic acids is 2. The molecule has 0 aliphatic carbocycles. The summed E-state index contributed by atoms with van der Waals surface area (Å²) in [5.74, 6) is -0.536. The monoisotopic (exact) mass is 485 g/mol. The number of amides is 1. The van der Waals surface area contributed by atoms with Gasteiger partial charge in [-0.2, -0.15) is 0 Å². The molecule has 0 bridgehead atoms. The Morgan fingerprint density at radius 2 is 1.90 bits per heavy atom. The molecule has 0 aliphatic heterocycles. The van der Waals surface area contributed by atoms with Crippen LogP contribution in [-0.4, -0.2) is 18.2 Å². The van der Waals surface area contributed by atoms with Gasteiger partial charge in [0.2, 0.25) is 5.78 Å². The number of benzene rings is 2. The molecule has 5 nitrogen and oxygen atoms in total. The van der Waals surface area contributed by atoms with Crippen molar-refractivity contribution in [2.24, 2.45) is 0 Å². The molecule has 0 fully saturated rings. The minimum Gasteiger partial charge on any atom is -0.397 e. The summed E-state index contributed by atoms with van der Waals surface area (Å²) in [6.07, 6.45) is 0.880. The molecule has 0 aliphatic rings. The van der Waals surface area contributed by atoms with Crippen LogP contribution in [0.25, 0.3) is 0 Å². The van der Waals surface area contributed by atoms with E-state index in [0.29, 0.717) is 27.5 Å². The van der Waals surface area contributed by atoms with Gasteiger partial charge >= 0.3 is 0 Å². The highest BCUT2D eigenvalue weighted by molar-refractivity contribution is 9.10. The maximum atomic E-state index is 13.1. The summed E-state index contributed by atoms with van der Waals surface area (Å²) in [7, 11) is 0. The standard InChI is InChI=1S/C23H24BrN3O2S/c1-4-10-26-23-18(22(29)27-17-9-8-13(2)11-14(17)3)19(25)21(30-23)20(28)15-6-5-7-16(24)12-15/h5-9,11-12,26H,4,10,25H2,1-3H3,(H,27,29). The number of anilines is 3. The number of hydrogen-bond donors (Lipinski definition) is 3. The predicted octanol–water partition coefficient (Wildman–Crippen LogP) is 6.01. The van der Waals surface area contributed by atoms with Crippen LogP contribution in [0.2, 0.25) is 0 Å². The number of nitrogen functional groups attached to an aromatic ring is 1. The van der Waals surface area contributed by atoms with Crippen molar-refractivity contribution in [2.75, 3.05) is 22.9 Å². The molecule has 0 saturated carbocycles. The molecule has 4 N–H and O–H groups in total. The molecule has 30 heavy (non-hydrogen) atoms. The van der Waals surface area contributed by atoms with Crippen molar-refractivity contribution < 1.29 is 9.59 Å². The number of aryl methyl sites for hydroxylation is 2. The van der Waals surface area contributed by atoms with Gasteiger partial charge in [-0.1, -0.05) is 52.7 Å². The molecule has 3 rings (SSSR count). The van der Waals surface area contributed by atoms with Crippen LogP contribution in [0.4, 0.5) is 16.4 Å². The Bertz CT molecular complexity index is 1110. The van der Waals surface area contributed by atoms with Gasteiger partial charge in [0.05, 0.1) is 11.3 Å². The first kappa shape index (κ1) is 22.1. The lowest BCUT2D eigenvalue weighted by Crippen LogP contribution is -2.16. The SMILES string of the molecule is CCCNc1sc(C(=O)c2cccc(Br)c2)c(N)c1C(=O)Nc1ccc(C)cc1C. The van der Waals surface area contributed by atoms with Crippen molar-refractivity contribution >= 4 is 55.3 Å². The Labute approximate surface area is 188 Å². The average Bonchev–Trinajstić information content (AvgIpc) is 3.04. The van der Waals surface area contributed by atoms with Crippen molar-refractivity contribution in [1.29, 1.82) is 0 Å². The van der Waals surface area contributed by atoms with E-state index in [-0.39, 0.29) is 17.4 Å².